The van der Waals surface area contributed by atoms with E-state index in [1.807, 2.05) is 12.1 Å². The average Bonchev–Trinajstić information content (AvgIpc) is 2.61. The number of sulfonamides is 1. The van der Waals surface area contributed by atoms with Crippen molar-refractivity contribution < 1.29 is 8.42 Å². The lowest BCUT2D eigenvalue weighted by atomic mass is 10.1. The van der Waals surface area contributed by atoms with E-state index in [1.54, 1.807) is 19.2 Å². The normalized spacial score (nSPS) is 12.0. The van der Waals surface area contributed by atoms with Crippen LogP contribution in [0.1, 0.15) is 23.6 Å². The van der Waals surface area contributed by atoms with E-state index >= 15 is 0 Å². The summed E-state index contributed by atoms with van der Waals surface area (Å²) >= 11 is 0. The molecule has 0 atom stereocenters. The van der Waals surface area contributed by atoms with Gasteiger partial charge in [-0.25, -0.2) is 13.6 Å². The topological polar surface area (TPSA) is 96.6 Å². The van der Waals surface area contributed by atoms with Crippen molar-refractivity contribution in [2.75, 3.05) is 7.05 Å². The van der Waals surface area contributed by atoms with Crippen molar-refractivity contribution in [3.63, 3.8) is 0 Å². The van der Waals surface area contributed by atoms with E-state index in [2.05, 4.69) is 34.7 Å². The van der Waals surface area contributed by atoms with Crippen LogP contribution < -0.4 is 15.8 Å². The van der Waals surface area contributed by atoms with Gasteiger partial charge < -0.3 is 10.6 Å². The number of nitrogens with zero attached hydrogens (tertiary/aromatic N) is 1. The first-order chi connectivity index (χ1) is 11.9. The number of nitrogens with one attached hydrogen (secondary N) is 2. The van der Waals surface area contributed by atoms with E-state index in [0.717, 1.165) is 12.0 Å². The Bertz CT molecular complexity index is 830. The lowest BCUT2D eigenvalue weighted by Crippen LogP contribution is -2.36. The predicted molar refractivity (Wildman–Crippen MR) is 101 cm³/mol. The summed E-state index contributed by atoms with van der Waals surface area (Å²) < 4.78 is 22.5. The molecule has 134 valence electrons. The standard InChI is InChI=1S/C18H24N4O2S/c1-3-15-6-4-5-7-16(15)13-22-18(20-2)21-12-14-8-10-17(11-9-14)25(19,23)24/h4-11H,3,12-13H2,1-2H3,(H2,19,23,24)(H2,20,21,22). The van der Waals surface area contributed by atoms with E-state index in [9.17, 15) is 8.42 Å². The minimum atomic E-state index is -3.66. The first-order valence-electron chi connectivity index (χ1n) is 8.07. The Morgan fingerprint density at radius 3 is 2.16 bits per heavy atom. The van der Waals surface area contributed by atoms with E-state index in [4.69, 9.17) is 5.14 Å². The molecule has 0 amide bonds. The van der Waals surface area contributed by atoms with Gasteiger partial charge in [-0.15, -0.1) is 0 Å². The Balaban J connectivity index is 1.92. The first kappa shape index (κ1) is 19.0. The Hall–Kier alpha value is -2.38. The number of nitrogens with two attached hydrogens (primary N) is 1. The van der Waals surface area contributed by atoms with Crippen molar-refractivity contribution in [1.29, 1.82) is 0 Å². The van der Waals surface area contributed by atoms with Crippen molar-refractivity contribution >= 4 is 16.0 Å². The molecule has 6 nitrogen and oxygen atoms in total. The van der Waals surface area contributed by atoms with Crippen LogP contribution in [0.5, 0.6) is 0 Å². The summed E-state index contributed by atoms with van der Waals surface area (Å²) in [6.45, 7) is 3.35. The smallest absolute Gasteiger partial charge is 0.238 e. The Labute approximate surface area is 149 Å². The highest BCUT2D eigenvalue weighted by atomic mass is 32.2. The van der Waals surface area contributed by atoms with Gasteiger partial charge in [0.15, 0.2) is 5.96 Å². The van der Waals surface area contributed by atoms with Crippen LogP contribution >= 0.6 is 0 Å². The lowest BCUT2D eigenvalue weighted by molar-refractivity contribution is 0.597. The molecule has 0 fully saturated rings. The molecule has 2 rings (SSSR count). The molecule has 0 aromatic heterocycles. The third-order valence-corrected chi connectivity index (χ3v) is 4.81. The molecule has 0 aliphatic rings. The number of aryl methyl sites for hydroxylation is 1. The minimum Gasteiger partial charge on any atom is -0.352 e. The highest BCUT2D eigenvalue weighted by Crippen LogP contribution is 2.10. The number of hydrogen-bond acceptors (Lipinski definition) is 3. The molecule has 2 aromatic rings. The molecule has 0 heterocycles. The molecule has 0 saturated heterocycles. The van der Waals surface area contributed by atoms with Crippen LogP contribution in [-0.4, -0.2) is 21.4 Å². The Morgan fingerprint density at radius 2 is 1.60 bits per heavy atom. The summed E-state index contributed by atoms with van der Waals surface area (Å²) in [6.07, 6.45) is 0.986. The van der Waals surface area contributed by atoms with Gasteiger partial charge in [-0.1, -0.05) is 43.3 Å². The fourth-order valence-corrected chi connectivity index (χ4v) is 2.97. The second-order valence-electron chi connectivity index (χ2n) is 5.59. The number of aliphatic imine (C=N–C) groups is 1. The van der Waals surface area contributed by atoms with Crippen LogP contribution in [0.15, 0.2) is 58.4 Å². The summed E-state index contributed by atoms with van der Waals surface area (Å²) in [5.74, 6) is 0.682. The average molecular weight is 360 g/mol. The number of benzene rings is 2. The van der Waals surface area contributed by atoms with Gasteiger partial charge in [0.2, 0.25) is 10.0 Å². The first-order valence-corrected chi connectivity index (χ1v) is 9.61. The zero-order valence-corrected chi connectivity index (χ0v) is 15.3. The van der Waals surface area contributed by atoms with Crippen LogP contribution in [-0.2, 0) is 29.5 Å². The predicted octanol–water partition coefficient (Wildman–Crippen LogP) is 1.76. The highest BCUT2D eigenvalue weighted by molar-refractivity contribution is 7.89. The third kappa shape index (κ3) is 5.58. The lowest BCUT2D eigenvalue weighted by Gasteiger charge is -2.14. The quantitative estimate of drug-likeness (QED) is 0.540. The van der Waals surface area contributed by atoms with E-state index in [1.165, 1.54) is 23.3 Å². The number of hydrogen-bond donors (Lipinski definition) is 3. The van der Waals surface area contributed by atoms with Gasteiger partial charge >= 0.3 is 0 Å². The monoisotopic (exact) mass is 360 g/mol. The van der Waals surface area contributed by atoms with Crippen molar-refractivity contribution in [2.45, 2.75) is 31.3 Å². The van der Waals surface area contributed by atoms with E-state index in [-0.39, 0.29) is 4.90 Å². The van der Waals surface area contributed by atoms with Crippen molar-refractivity contribution in [1.82, 2.24) is 10.6 Å². The second kappa shape index (κ2) is 8.64. The highest BCUT2D eigenvalue weighted by Gasteiger charge is 2.07. The second-order valence-corrected chi connectivity index (χ2v) is 7.15. The van der Waals surface area contributed by atoms with Crippen molar-refractivity contribution in [3.05, 3.63) is 65.2 Å². The zero-order valence-electron chi connectivity index (χ0n) is 14.5. The molecular formula is C18H24N4O2S. The molecule has 7 heteroatoms. The van der Waals surface area contributed by atoms with Gasteiger partial charge in [-0.05, 0) is 35.2 Å². The fraction of sp³-hybridized carbons (Fsp3) is 0.278. The van der Waals surface area contributed by atoms with Gasteiger partial charge in [-0.2, -0.15) is 0 Å². The van der Waals surface area contributed by atoms with E-state index in [0.29, 0.717) is 19.0 Å². The number of primary sulfonamides is 1. The third-order valence-electron chi connectivity index (χ3n) is 3.88. The summed E-state index contributed by atoms with van der Waals surface area (Å²) in [4.78, 5) is 4.32. The Morgan fingerprint density at radius 1 is 1.00 bits per heavy atom. The maximum atomic E-state index is 11.3. The van der Waals surface area contributed by atoms with Crippen molar-refractivity contribution in [2.24, 2.45) is 10.1 Å². The van der Waals surface area contributed by atoms with E-state index < -0.39 is 10.0 Å². The molecule has 4 N–H and O–H groups in total. The zero-order chi connectivity index (χ0) is 18.3. The van der Waals surface area contributed by atoms with Gasteiger partial charge in [0.05, 0.1) is 4.90 Å². The number of guanidine groups is 1. The molecule has 0 radical (unpaired) electrons. The fourth-order valence-electron chi connectivity index (χ4n) is 2.46. The molecule has 0 aliphatic carbocycles. The van der Waals surface area contributed by atoms with Gasteiger partial charge in [0.25, 0.3) is 0 Å². The van der Waals surface area contributed by atoms with Crippen LogP contribution in [0.4, 0.5) is 0 Å². The van der Waals surface area contributed by atoms with Crippen LogP contribution in [0, 0.1) is 0 Å². The maximum absolute atomic E-state index is 11.3. The van der Waals surface area contributed by atoms with Crippen LogP contribution in [0.3, 0.4) is 0 Å². The largest absolute Gasteiger partial charge is 0.352 e. The van der Waals surface area contributed by atoms with Crippen LogP contribution in [0.2, 0.25) is 0 Å². The molecule has 25 heavy (non-hydrogen) atoms. The van der Waals surface area contributed by atoms with Crippen LogP contribution in [0.25, 0.3) is 0 Å². The van der Waals surface area contributed by atoms with Gasteiger partial charge in [-0.3, -0.25) is 4.99 Å². The summed E-state index contributed by atoms with van der Waals surface area (Å²) in [7, 11) is -1.94. The molecule has 0 spiro atoms. The molecule has 0 aliphatic heterocycles. The minimum absolute atomic E-state index is 0.106. The Kier molecular flexibility index (Phi) is 6.55. The van der Waals surface area contributed by atoms with Gasteiger partial charge in [0.1, 0.15) is 0 Å². The molecule has 0 bridgehead atoms. The molecular weight excluding hydrogens is 336 g/mol. The maximum Gasteiger partial charge on any atom is 0.238 e. The molecule has 2 aromatic carbocycles. The SMILES string of the molecule is CCc1ccccc1CNC(=NC)NCc1ccc(S(N)(=O)=O)cc1. The summed E-state index contributed by atoms with van der Waals surface area (Å²) in [5.41, 5.74) is 3.48. The summed E-state index contributed by atoms with van der Waals surface area (Å²) in [5, 5.41) is 11.6. The summed E-state index contributed by atoms with van der Waals surface area (Å²) in [6, 6.07) is 14.8. The van der Waals surface area contributed by atoms with Crippen molar-refractivity contribution in [3.8, 4) is 0 Å². The molecule has 0 saturated carbocycles. The molecule has 0 unspecified atom stereocenters. The van der Waals surface area contributed by atoms with Gasteiger partial charge in [0, 0.05) is 20.1 Å². The number of rotatable bonds is 6.